The summed E-state index contributed by atoms with van der Waals surface area (Å²) in [5.74, 6) is 2.14. The zero-order chi connectivity index (χ0) is 19.1. The monoisotopic (exact) mass is 404 g/mol. The Hall–Kier alpha value is -1.63. The number of fused-ring (bicyclic) bond motifs is 1. The van der Waals surface area contributed by atoms with Gasteiger partial charge in [0.25, 0.3) is 0 Å². The van der Waals surface area contributed by atoms with Gasteiger partial charge in [-0.1, -0.05) is 61.9 Å². The van der Waals surface area contributed by atoms with Crippen molar-refractivity contribution in [2.75, 3.05) is 13.1 Å². The highest BCUT2D eigenvalue weighted by Gasteiger charge is 2.34. The molecule has 7 heteroatoms. The summed E-state index contributed by atoms with van der Waals surface area (Å²) in [6.45, 7) is 8.56. The predicted octanol–water partition coefficient (Wildman–Crippen LogP) is 4.78. The predicted molar refractivity (Wildman–Crippen MR) is 110 cm³/mol. The van der Waals surface area contributed by atoms with E-state index in [9.17, 15) is 5.11 Å². The average molecular weight is 405 g/mol. The summed E-state index contributed by atoms with van der Waals surface area (Å²) in [6, 6.07) is 7.84. The lowest BCUT2D eigenvalue weighted by atomic mass is 9.89. The Morgan fingerprint density at radius 3 is 2.59 bits per heavy atom. The molecule has 0 unspecified atom stereocenters. The summed E-state index contributed by atoms with van der Waals surface area (Å²) >= 11 is 8.10. The van der Waals surface area contributed by atoms with E-state index in [-0.39, 0.29) is 11.9 Å². The fourth-order valence-electron chi connectivity index (χ4n) is 4.24. The molecule has 1 aromatic carbocycles. The van der Waals surface area contributed by atoms with Crippen molar-refractivity contribution in [1.29, 1.82) is 0 Å². The maximum Gasteiger partial charge on any atom is 0.230 e. The molecule has 0 aliphatic carbocycles. The van der Waals surface area contributed by atoms with E-state index in [1.165, 1.54) is 17.8 Å². The molecule has 5 nitrogen and oxygen atoms in total. The second kappa shape index (κ2) is 7.41. The van der Waals surface area contributed by atoms with E-state index in [1.807, 2.05) is 25.1 Å². The molecule has 1 N–H and O–H groups in total. The number of hydrogen-bond donors (Lipinski definition) is 1. The normalized spacial score (nSPS) is 22.4. The molecule has 0 amide bonds. The van der Waals surface area contributed by atoms with Gasteiger partial charge in [-0.05, 0) is 29.9 Å². The minimum Gasteiger partial charge on any atom is -0.492 e. The van der Waals surface area contributed by atoms with Crippen molar-refractivity contribution in [3.8, 4) is 5.88 Å². The van der Waals surface area contributed by atoms with Gasteiger partial charge >= 0.3 is 0 Å². The molecular weight excluding hydrogens is 380 g/mol. The van der Waals surface area contributed by atoms with Gasteiger partial charge in [0.15, 0.2) is 5.82 Å². The van der Waals surface area contributed by atoms with Crippen LogP contribution in [0.5, 0.6) is 5.88 Å². The molecule has 1 saturated heterocycles. The van der Waals surface area contributed by atoms with E-state index in [0.29, 0.717) is 11.8 Å². The van der Waals surface area contributed by atoms with Gasteiger partial charge in [0.1, 0.15) is 0 Å². The van der Waals surface area contributed by atoms with Crippen LogP contribution < -0.4 is 0 Å². The molecule has 3 atom stereocenters. The third-order valence-electron chi connectivity index (χ3n) is 5.27. The van der Waals surface area contributed by atoms with Crippen LogP contribution in [0.1, 0.15) is 49.5 Å². The van der Waals surface area contributed by atoms with Crippen LogP contribution in [0.2, 0.25) is 5.02 Å². The zero-order valence-electron chi connectivity index (χ0n) is 15.9. The van der Waals surface area contributed by atoms with E-state index in [4.69, 9.17) is 11.6 Å². The molecule has 4 rings (SSSR count). The number of rotatable bonds is 4. The van der Waals surface area contributed by atoms with Crippen molar-refractivity contribution in [2.45, 2.75) is 39.7 Å². The maximum absolute atomic E-state index is 11.0. The largest absolute Gasteiger partial charge is 0.492 e. The Kier molecular flexibility index (Phi) is 5.14. The molecule has 2 aromatic heterocycles. The number of piperidine rings is 1. The number of halogens is 1. The van der Waals surface area contributed by atoms with Gasteiger partial charge in [0.2, 0.25) is 10.8 Å². The zero-order valence-corrected chi connectivity index (χ0v) is 17.5. The average Bonchev–Trinajstić information content (AvgIpc) is 3.16. The standard InChI is InChI=1S/C20H25ClN4OS/c1-4-16-22-20-25(23-16)19(26)18(27-20)17(14-7-5-6-8-15(14)21)24-10-12(2)9-13(3)11-24/h5-8,12-13,17,26H,4,9-11H2,1-3H3/t12-,13+,17-/m0/s1. The van der Waals surface area contributed by atoms with Crippen LogP contribution in [0.15, 0.2) is 24.3 Å². The lowest BCUT2D eigenvalue weighted by Gasteiger charge is -2.40. The first-order valence-electron chi connectivity index (χ1n) is 9.53. The summed E-state index contributed by atoms with van der Waals surface area (Å²) < 4.78 is 1.57. The summed E-state index contributed by atoms with van der Waals surface area (Å²) in [6.07, 6.45) is 1.98. The number of hydrogen-bond acceptors (Lipinski definition) is 5. The first kappa shape index (κ1) is 18.7. The minimum absolute atomic E-state index is 0.0949. The Morgan fingerprint density at radius 2 is 1.96 bits per heavy atom. The molecule has 3 aromatic rings. The van der Waals surface area contributed by atoms with Crippen LogP contribution in [0, 0.1) is 11.8 Å². The van der Waals surface area contributed by atoms with E-state index >= 15 is 0 Å². The van der Waals surface area contributed by atoms with Gasteiger partial charge in [-0.3, -0.25) is 4.90 Å². The van der Waals surface area contributed by atoms with Crippen molar-refractivity contribution >= 4 is 27.9 Å². The van der Waals surface area contributed by atoms with Crippen molar-refractivity contribution in [2.24, 2.45) is 11.8 Å². The fraction of sp³-hybridized carbons (Fsp3) is 0.500. The number of thiazole rings is 1. The number of likely N-dealkylation sites (tertiary alicyclic amines) is 1. The first-order chi connectivity index (χ1) is 13.0. The highest BCUT2D eigenvalue weighted by atomic mass is 35.5. The molecule has 3 heterocycles. The van der Waals surface area contributed by atoms with Gasteiger partial charge < -0.3 is 5.11 Å². The summed E-state index contributed by atoms with van der Waals surface area (Å²) in [5.41, 5.74) is 1.02. The van der Waals surface area contributed by atoms with E-state index < -0.39 is 0 Å². The van der Waals surface area contributed by atoms with Gasteiger partial charge in [-0.25, -0.2) is 4.98 Å². The molecule has 0 saturated carbocycles. The van der Waals surface area contributed by atoms with Gasteiger partial charge in [0, 0.05) is 24.5 Å². The Bertz CT molecular complexity index is 943. The van der Waals surface area contributed by atoms with Crippen molar-refractivity contribution in [3.05, 3.63) is 45.6 Å². The van der Waals surface area contributed by atoms with Crippen LogP contribution in [-0.2, 0) is 6.42 Å². The van der Waals surface area contributed by atoms with Crippen molar-refractivity contribution in [1.82, 2.24) is 19.5 Å². The van der Waals surface area contributed by atoms with Crippen LogP contribution in [0.3, 0.4) is 0 Å². The van der Waals surface area contributed by atoms with Gasteiger partial charge in [-0.2, -0.15) is 4.52 Å². The minimum atomic E-state index is -0.0949. The molecule has 144 valence electrons. The third-order valence-corrected chi connectivity index (χ3v) is 6.69. The van der Waals surface area contributed by atoms with Gasteiger partial charge in [-0.15, -0.1) is 5.10 Å². The Morgan fingerprint density at radius 1 is 1.26 bits per heavy atom. The number of benzene rings is 1. The Labute approximate surface area is 168 Å². The topological polar surface area (TPSA) is 53.7 Å². The summed E-state index contributed by atoms with van der Waals surface area (Å²) in [4.78, 5) is 8.59. The van der Waals surface area contributed by atoms with Crippen LogP contribution >= 0.6 is 22.9 Å². The van der Waals surface area contributed by atoms with Gasteiger partial charge in [0.05, 0.1) is 10.9 Å². The number of nitrogens with zero attached hydrogens (tertiary/aromatic N) is 4. The third kappa shape index (κ3) is 3.46. The summed E-state index contributed by atoms with van der Waals surface area (Å²) in [7, 11) is 0. The number of aromatic nitrogens is 3. The van der Waals surface area contributed by atoms with Crippen LogP contribution in [0.25, 0.3) is 4.96 Å². The van der Waals surface area contributed by atoms with Crippen LogP contribution in [-0.4, -0.2) is 37.7 Å². The maximum atomic E-state index is 11.0. The van der Waals surface area contributed by atoms with E-state index in [0.717, 1.165) is 45.8 Å². The highest BCUT2D eigenvalue weighted by molar-refractivity contribution is 7.17. The quantitative estimate of drug-likeness (QED) is 0.679. The molecule has 27 heavy (non-hydrogen) atoms. The molecule has 0 bridgehead atoms. The Balaban J connectivity index is 1.84. The van der Waals surface area contributed by atoms with E-state index in [1.54, 1.807) is 4.52 Å². The molecule has 1 aliphatic heterocycles. The molecule has 0 radical (unpaired) electrons. The number of aromatic hydroxyl groups is 1. The fourth-order valence-corrected chi connectivity index (χ4v) is 5.61. The molecule has 1 fully saturated rings. The molecular formula is C20H25ClN4OS. The number of aryl methyl sites for hydroxylation is 1. The lowest BCUT2D eigenvalue weighted by Crippen LogP contribution is -2.41. The molecule has 0 spiro atoms. The summed E-state index contributed by atoms with van der Waals surface area (Å²) in [5, 5.41) is 16.1. The van der Waals surface area contributed by atoms with Crippen molar-refractivity contribution in [3.63, 3.8) is 0 Å². The first-order valence-corrected chi connectivity index (χ1v) is 10.7. The smallest absolute Gasteiger partial charge is 0.230 e. The second-order valence-electron chi connectivity index (χ2n) is 7.69. The van der Waals surface area contributed by atoms with Crippen LogP contribution in [0.4, 0.5) is 0 Å². The molecule has 1 aliphatic rings. The lowest BCUT2D eigenvalue weighted by molar-refractivity contribution is 0.112. The highest BCUT2D eigenvalue weighted by Crippen LogP contribution is 2.43. The van der Waals surface area contributed by atoms with E-state index in [2.05, 4.69) is 34.9 Å². The second-order valence-corrected chi connectivity index (χ2v) is 9.11. The van der Waals surface area contributed by atoms with Crippen molar-refractivity contribution < 1.29 is 5.11 Å². The SMILES string of the molecule is CCc1nc2sc([C@H](c3ccccc3Cl)N3C[C@H](C)C[C@H](C)C3)c(O)n2n1.